The van der Waals surface area contributed by atoms with Crippen LogP contribution in [0.2, 0.25) is 5.02 Å². The summed E-state index contributed by atoms with van der Waals surface area (Å²) in [6, 6.07) is 0.406. The summed E-state index contributed by atoms with van der Waals surface area (Å²) in [5, 5.41) is 0.553. The molecule has 1 amide bonds. The van der Waals surface area contributed by atoms with Gasteiger partial charge in [0.1, 0.15) is 0 Å². The van der Waals surface area contributed by atoms with Gasteiger partial charge in [0, 0.05) is 39.3 Å². The molecule has 6 nitrogen and oxygen atoms in total. The van der Waals surface area contributed by atoms with Gasteiger partial charge < -0.3 is 9.80 Å². The summed E-state index contributed by atoms with van der Waals surface area (Å²) in [5.74, 6) is 1.76. The first kappa shape index (κ1) is 18.4. The predicted octanol–water partition coefficient (Wildman–Crippen LogP) is 2.29. The molecule has 7 heteroatoms. The van der Waals surface area contributed by atoms with E-state index in [-0.39, 0.29) is 0 Å². The SMILES string of the molecule is CC1CCN(C(=O)CN2CCC(N(C)c3ncc(Cl)cn3)CC2)CC1. The Hall–Kier alpha value is -1.40. The highest BCUT2D eigenvalue weighted by molar-refractivity contribution is 6.30. The molecule has 2 saturated heterocycles. The number of piperidine rings is 2. The lowest BCUT2D eigenvalue weighted by molar-refractivity contribution is -0.134. The molecule has 3 rings (SSSR count). The van der Waals surface area contributed by atoms with Crippen molar-refractivity contribution in [1.29, 1.82) is 0 Å². The molecule has 2 fully saturated rings. The number of aromatic nitrogens is 2. The van der Waals surface area contributed by atoms with E-state index >= 15 is 0 Å². The molecule has 0 radical (unpaired) electrons. The van der Waals surface area contributed by atoms with E-state index in [0.29, 0.717) is 29.5 Å². The van der Waals surface area contributed by atoms with Gasteiger partial charge in [-0.15, -0.1) is 0 Å². The second kappa shape index (κ2) is 8.32. The van der Waals surface area contributed by atoms with Crippen molar-refractivity contribution < 1.29 is 4.79 Å². The summed E-state index contributed by atoms with van der Waals surface area (Å²) in [7, 11) is 2.03. The maximum Gasteiger partial charge on any atom is 0.236 e. The van der Waals surface area contributed by atoms with Crippen molar-refractivity contribution >= 4 is 23.5 Å². The van der Waals surface area contributed by atoms with E-state index in [1.165, 1.54) is 0 Å². The Bertz CT molecular complexity index is 565. The first-order valence-electron chi connectivity index (χ1n) is 9.23. The van der Waals surface area contributed by atoms with Crippen molar-refractivity contribution in [2.45, 2.75) is 38.6 Å². The van der Waals surface area contributed by atoms with Gasteiger partial charge in [0.05, 0.1) is 24.0 Å². The van der Waals surface area contributed by atoms with Crippen molar-refractivity contribution in [3.63, 3.8) is 0 Å². The van der Waals surface area contributed by atoms with Gasteiger partial charge in [-0.1, -0.05) is 18.5 Å². The van der Waals surface area contributed by atoms with Crippen LogP contribution in [0.3, 0.4) is 0 Å². The van der Waals surface area contributed by atoms with E-state index < -0.39 is 0 Å². The average Bonchev–Trinajstić information content (AvgIpc) is 2.63. The van der Waals surface area contributed by atoms with Crippen LogP contribution in [0.1, 0.15) is 32.6 Å². The van der Waals surface area contributed by atoms with Gasteiger partial charge in [-0.3, -0.25) is 9.69 Å². The summed E-state index contributed by atoms with van der Waals surface area (Å²) in [5.41, 5.74) is 0. The summed E-state index contributed by atoms with van der Waals surface area (Å²) in [6.07, 6.45) is 7.58. The molecule has 0 aromatic carbocycles. The van der Waals surface area contributed by atoms with Gasteiger partial charge in [0.15, 0.2) is 0 Å². The largest absolute Gasteiger partial charge is 0.342 e. The van der Waals surface area contributed by atoms with Gasteiger partial charge in [0.2, 0.25) is 11.9 Å². The molecule has 0 bridgehead atoms. The number of amides is 1. The Labute approximate surface area is 155 Å². The smallest absolute Gasteiger partial charge is 0.236 e. The quantitative estimate of drug-likeness (QED) is 0.819. The van der Waals surface area contributed by atoms with Gasteiger partial charge in [0.25, 0.3) is 0 Å². The zero-order valence-electron chi connectivity index (χ0n) is 15.2. The molecule has 0 N–H and O–H groups in total. The van der Waals surface area contributed by atoms with E-state index in [1.807, 2.05) is 11.9 Å². The van der Waals surface area contributed by atoms with Crippen LogP contribution in [0, 0.1) is 5.92 Å². The number of halogens is 1. The van der Waals surface area contributed by atoms with E-state index in [9.17, 15) is 4.79 Å². The third kappa shape index (κ3) is 4.82. The fourth-order valence-corrected chi connectivity index (χ4v) is 3.76. The summed E-state index contributed by atoms with van der Waals surface area (Å²) >= 11 is 5.86. The van der Waals surface area contributed by atoms with Crippen molar-refractivity contribution in [3.05, 3.63) is 17.4 Å². The van der Waals surface area contributed by atoms with Crippen molar-refractivity contribution in [1.82, 2.24) is 19.8 Å². The molecule has 2 aliphatic heterocycles. The highest BCUT2D eigenvalue weighted by Crippen LogP contribution is 2.21. The fourth-order valence-electron chi connectivity index (χ4n) is 3.66. The zero-order chi connectivity index (χ0) is 17.8. The second-order valence-corrected chi connectivity index (χ2v) is 7.82. The number of anilines is 1. The Morgan fingerprint density at radius 1 is 1.16 bits per heavy atom. The van der Waals surface area contributed by atoms with Crippen molar-refractivity contribution in [2.24, 2.45) is 5.92 Å². The van der Waals surface area contributed by atoms with Crippen molar-refractivity contribution in [2.75, 3.05) is 44.7 Å². The lowest BCUT2D eigenvalue weighted by Crippen LogP contribution is -2.48. The molecule has 0 atom stereocenters. The highest BCUT2D eigenvalue weighted by Gasteiger charge is 2.27. The second-order valence-electron chi connectivity index (χ2n) is 7.38. The van der Waals surface area contributed by atoms with Crippen LogP contribution in [0.5, 0.6) is 0 Å². The van der Waals surface area contributed by atoms with E-state index in [4.69, 9.17) is 11.6 Å². The molecule has 0 saturated carbocycles. The summed E-state index contributed by atoms with van der Waals surface area (Å²) < 4.78 is 0. The number of hydrogen-bond donors (Lipinski definition) is 0. The minimum atomic E-state index is 0.291. The van der Waals surface area contributed by atoms with E-state index in [2.05, 4.69) is 26.7 Å². The number of carbonyl (C=O) groups is 1. The Balaban J connectivity index is 1.45. The van der Waals surface area contributed by atoms with Crippen LogP contribution in [-0.4, -0.2) is 71.5 Å². The summed E-state index contributed by atoms with van der Waals surface area (Å²) in [6.45, 7) is 6.56. The fraction of sp³-hybridized carbons (Fsp3) is 0.722. The molecule has 2 aliphatic rings. The topological polar surface area (TPSA) is 52.6 Å². The maximum absolute atomic E-state index is 12.5. The molecule has 138 valence electrons. The lowest BCUT2D eigenvalue weighted by atomic mass is 9.99. The van der Waals surface area contributed by atoms with Gasteiger partial charge in [-0.2, -0.15) is 0 Å². The summed E-state index contributed by atoms with van der Waals surface area (Å²) in [4.78, 5) is 27.5. The number of hydrogen-bond acceptors (Lipinski definition) is 5. The minimum absolute atomic E-state index is 0.291. The molecule has 0 aliphatic carbocycles. The zero-order valence-corrected chi connectivity index (χ0v) is 16.0. The van der Waals surface area contributed by atoms with Gasteiger partial charge in [-0.25, -0.2) is 9.97 Å². The monoisotopic (exact) mass is 365 g/mol. The maximum atomic E-state index is 12.5. The van der Waals surface area contributed by atoms with E-state index in [1.54, 1.807) is 12.4 Å². The van der Waals surface area contributed by atoms with Gasteiger partial charge >= 0.3 is 0 Å². The molecule has 3 heterocycles. The van der Waals surface area contributed by atoms with Crippen LogP contribution < -0.4 is 4.90 Å². The standard InChI is InChI=1S/C18H28ClN5O/c1-14-3-9-24(10-4-14)17(25)13-23-7-5-16(6-8-23)22(2)18-20-11-15(19)12-21-18/h11-12,14,16H,3-10,13H2,1-2H3. The number of carbonyl (C=O) groups excluding carboxylic acids is 1. The van der Waals surface area contributed by atoms with Gasteiger partial charge in [-0.05, 0) is 31.6 Å². The number of rotatable bonds is 4. The van der Waals surface area contributed by atoms with Crippen LogP contribution in [-0.2, 0) is 4.79 Å². The predicted molar refractivity (Wildman–Crippen MR) is 99.9 cm³/mol. The van der Waals surface area contributed by atoms with E-state index in [0.717, 1.165) is 57.8 Å². The molecule has 1 aromatic rings. The van der Waals surface area contributed by atoms with Crippen LogP contribution in [0.15, 0.2) is 12.4 Å². The van der Waals surface area contributed by atoms with Crippen LogP contribution >= 0.6 is 11.6 Å². The third-order valence-electron chi connectivity index (χ3n) is 5.52. The third-order valence-corrected chi connectivity index (χ3v) is 5.72. The van der Waals surface area contributed by atoms with Crippen molar-refractivity contribution in [3.8, 4) is 0 Å². The molecule has 25 heavy (non-hydrogen) atoms. The number of likely N-dealkylation sites (tertiary alicyclic amines) is 2. The Kier molecular flexibility index (Phi) is 6.12. The minimum Gasteiger partial charge on any atom is -0.342 e. The Morgan fingerprint density at radius 2 is 1.76 bits per heavy atom. The molecular formula is C18H28ClN5O. The molecule has 0 unspecified atom stereocenters. The lowest BCUT2D eigenvalue weighted by Gasteiger charge is -2.38. The molecule has 0 spiro atoms. The normalized spacial score (nSPS) is 20.7. The first-order chi connectivity index (χ1) is 12.0. The Morgan fingerprint density at radius 3 is 2.36 bits per heavy atom. The molecular weight excluding hydrogens is 338 g/mol. The highest BCUT2D eigenvalue weighted by atomic mass is 35.5. The molecule has 1 aromatic heterocycles. The number of nitrogens with zero attached hydrogens (tertiary/aromatic N) is 5. The van der Waals surface area contributed by atoms with Crippen LogP contribution in [0.25, 0.3) is 0 Å². The van der Waals surface area contributed by atoms with Crippen LogP contribution in [0.4, 0.5) is 5.95 Å². The average molecular weight is 366 g/mol. The first-order valence-corrected chi connectivity index (χ1v) is 9.61.